The lowest BCUT2D eigenvalue weighted by atomic mass is 9.99. The normalized spacial score (nSPS) is 21.2. The fourth-order valence-electron chi connectivity index (χ4n) is 6.96. The number of unbranched alkanes of at least 4 members (excludes halogenated alkanes) is 15. The van der Waals surface area contributed by atoms with Gasteiger partial charge in [0.15, 0.2) is 6.29 Å². The van der Waals surface area contributed by atoms with Crippen molar-refractivity contribution in [3.63, 3.8) is 0 Å². The van der Waals surface area contributed by atoms with Crippen LogP contribution in [0.4, 0.5) is 0 Å². The van der Waals surface area contributed by atoms with Crippen molar-refractivity contribution in [2.75, 3.05) is 13.2 Å². The van der Waals surface area contributed by atoms with Crippen molar-refractivity contribution in [1.82, 2.24) is 5.32 Å². The van der Waals surface area contributed by atoms with Crippen molar-refractivity contribution >= 4 is 5.91 Å². The standard InChI is InChI=1S/C53H89NO8/c1-3-5-7-9-11-13-15-17-18-19-20-21-22-23-24-25-26-27-28-29-30-31-33-35-37-39-41-43-49(57)54-46(45-61-53-52(60)51(59)50(58)48(44-55)62-53)47(56)42-40-38-36-34-32-16-14-12-10-8-6-4-2/h5,7,10-13,17-18,20-21,23-24,32,34,40,42,46-48,50-53,55-56,58-60H,3-4,6,8-9,14-16,19,22,25-31,33,35-39,41,43-45H2,1-2H3,(H,54,57)/b7-5-,12-10+,13-11-,18-17-,21-20-,24-23-,34-32+,42-40+. The zero-order valence-corrected chi connectivity index (χ0v) is 38.8. The molecular formula is C53H89NO8. The molecular weight excluding hydrogens is 779 g/mol. The van der Waals surface area contributed by atoms with Gasteiger partial charge in [0.1, 0.15) is 24.4 Å². The summed E-state index contributed by atoms with van der Waals surface area (Å²) in [5.74, 6) is -0.201. The van der Waals surface area contributed by atoms with Crippen molar-refractivity contribution in [2.24, 2.45) is 0 Å². The molecule has 0 aromatic rings. The highest BCUT2D eigenvalue weighted by Crippen LogP contribution is 2.22. The number of hydrogen-bond acceptors (Lipinski definition) is 8. The fourth-order valence-corrected chi connectivity index (χ4v) is 6.96. The molecule has 7 unspecified atom stereocenters. The molecule has 0 aromatic carbocycles. The predicted octanol–water partition coefficient (Wildman–Crippen LogP) is 10.9. The van der Waals surface area contributed by atoms with E-state index in [-0.39, 0.29) is 12.5 Å². The first kappa shape index (κ1) is 57.1. The summed E-state index contributed by atoms with van der Waals surface area (Å²) in [6.45, 7) is 3.56. The van der Waals surface area contributed by atoms with Gasteiger partial charge in [-0.25, -0.2) is 0 Å². The predicted molar refractivity (Wildman–Crippen MR) is 258 cm³/mol. The number of rotatable bonds is 39. The van der Waals surface area contributed by atoms with Crippen LogP contribution in [0.25, 0.3) is 0 Å². The first-order valence-corrected chi connectivity index (χ1v) is 24.5. The Labute approximate surface area is 377 Å². The topological polar surface area (TPSA) is 149 Å². The summed E-state index contributed by atoms with van der Waals surface area (Å²) < 4.78 is 11.2. The van der Waals surface area contributed by atoms with Gasteiger partial charge in [-0.05, 0) is 83.5 Å². The van der Waals surface area contributed by atoms with E-state index < -0.39 is 49.5 Å². The van der Waals surface area contributed by atoms with Crippen LogP contribution >= 0.6 is 0 Å². The van der Waals surface area contributed by atoms with Gasteiger partial charge in [-0.3, -0.25) is 4.79 Å². The average molecular weight is 868 g/mol. The van der Waals surface area contributed by atoms with Gasteiger partial charge in [-0.2, -0.15) is 0 Å². The van der Waals surface area contributed by atoms with E-state index in [0.29, 0.717) is 6.42 Å². The number of amides is 1. The van der Waals surface area contributed by atoms with Crippen LogP contribution in [0.15, 0.2) is 97.2 Å². The van der Waals surface area contributed by atoms with Gasteiger partial charge in [0.2, 0.25) is 5.91 Å². The molecule has 62 heavy (non-hydrogen) atoms. The first-order valence-electron chi connectivity index (χ1n) is 24.5. The lowest BCUT2D eigenvalue weighted by Gasteiger charge is -2.40. The van der Waals surface area contributed by atoms with E-state index in [2.05, 4.69) is 104 Å². The molecule has 1 amide bonds. The maximum Gasteiger partial charge on any atom is 0.220 e. The van der Waals surface area contributed by atoms with Crippen molar-refractivity contribution in [3.8, 4) is 0 Å². The summed E-state index contributed by atoms with van der Waals surface area (Å²) in [5.41, 5.74) is 0. The van der Waals surface area contributed by atoms with Crippen LogP contribution in [0.3, 0.4) is 0 Å². The number of hydrogen-bond donors (Lipinski definition) is 6. The number of carbonyl (C=O) groups is 1. The molecule has 0 aromatic heterocycles. The lowest BCUT2D eigenvalue weighted by molar-refractivity contribution is -0.302. The molecule has 1 aliphatic rings. The van der Waals surface area contributed by atoms with E-state index in [1.54, 1.807) is 6.08 Å². The third-order valence-electron chi connectivity index (χ3n) is 10.9. The molecule has 9 nitrogen and oxygen atoms in total. The van der Waals surface area contributed by atoms with Crippen LogP contribution in [-0.2, 0) is 14.3 Å². The minimum atomic E-state index is -1.58. The second-order valence-electron chi connectivity index (χ2n) is 16.5. The molecule has 0 spiro atoms. The molecule has 7 atom stereocenters. The summed E-state index contributed by atoms with van der Waals surface area (Å²) in [4.78, 5) is 13.0. The molecule has 0 bridgehead atoms. The molecule has 6 N–H and O–H groups in total. The van der Waals surface area contributed by atoms with Crippen molar-refractivity contribution < 1.29 is 39.8 Å². The summed E-state index contributed by atoms with van der Waals surface area (Å²) >= 11 is 0. The SMILES string of the molecule is CC/C=C\C/C=C\C/C=C\C/C=C\C/C=C\CCCCCCCCCCCCCC(=O)NC(COC1OC(CO)C(O)C(O)C1O)C(O)/C=C/CC/C=C/CC/C=C/CCCC. The smallest absolute Gasteiger partial charge is 0.220 e. The van der Waals surface area contributed by atoms with E-state index in [1.165, 1.54) is 57.8 Å². The summed E-state index contributed by atoms with van der Waals surface area (Å²) in [6.07, 6.45) is 53.2. The number of aliphatic hydroxyl groups excluding tert-OH is 5. The summed E-state index contributed by atoms with van der Waals surface area (Å²) in [5, 5.41) is 54.1. The Morgan fingerprint density at radius 3 is 1.55 bits per heavy atom. The monoisotopic (exact) mass is 868 g/mol. The van der Waals surface area contributed by atoms with E-state index >= 15 is 0 Å². The van der Waals surface area contributed by atoms with Crippen LogP contribution in [0.2, 0.25) is 0 Å². The van der Waals surface area contributed by atoms with E-state index in [4.69, 9.17) is 9.47 Å². The van der Waals surface area contributed by atoms with E-state index in [0.717, 1.165) is 96.3 Å². The maximum absolute atomic E-state index is 13.0. The first-order chi connectivity index (χ1) is 30.3. The van der Waals surface area contributed by atoms with Crippen LogP contribution in [0.5, 0.6) is 0 Å². The largest absolute Gasteiger partial charge is 0.394 e. The van der Waals surface area contributed by atoms with Gasteiger partial charge in [-0.15, -0.1) is 0 Å². The molecule has 9 heteroatoms. The molecule has 1 aliphatic heterocycles. The minimum Gasteiger partial charge on any atom is -0.394 e. The number of aliphatic hydroxyl groups is 5. The maximum atomic E-state index is 13.0. The van der Waals surface area contributed by atoms with Crippen molar-refractivity contribution in [3.05, 3.63) is 97.2 Å². The highest BCUT2D eigenvalue weighted by molar-refractivity contribution is 5.76. The lowest BCUT2D eigenvalue weighted by Crippen LogP contribution is -2.60. The van der Waals surface area contributed by atoms with Gasteiger partial charge in [0, 0.05) is 6.42 Å². The molecule has 0 aliphatic carbocycles. The van der Waals surface area contributed by atoms with Crippen LogP contribution in [0.1, 0.15) is 174 Å². The van der Waals surface area contributed by atoms with Crippen LogP contribution in [0, 0.1) is 0 Å². The number of ether oxygens (including phenoxy) is 2. The number of nitrogens with one attached hydrogen (secondary N) is 1. The van der Waals surface area contributed by atoms with Gasteiger partial charge in [0.25, 0.3) is 0 Å². The van der Waals surface area contributed by atoms with Gasteiger partial charge < -0.3 is 40.3 Å². The van der Waals surface area contributed by atoms with Crippen LogP contribution < -0.4 is 5.32 Å². The third kappa shape index (κ3) is 31.9. The van der Waals surface area contributed by atoms with Crippen molar-refractivity contribution in [2.45, 2.75) is 217 Å². The van der Waals surface area contributed by atoms with E-state index in [1.807, 2.05) is 6.08 Å². The molecule has 1 rings (SSSR count). The highest BCUT2D eigenvalue weighted by atomic mass is 16.7. The zero-order chi connectivity index (χ0) is 45.1. The van der Waals surface area contributed by atoms with Crippen LogP contribution in [-0.4, -0.2) is 87.5 Å². The molecule has 1 fully saturated rings. The highest BCUT2D eigenvalue weighted by Gasteiger charge is 2.44. The fraction of sp³-hybridized carbons (Fsp3) is 0.679. The Bertz CT molecular complexity index is 1280. The van der Waals surface area contributed by atoms with Gasteiger partial charge >= 0.3 is 0 Å². The molecule has 1 heterocycles. The number of carbonyl (C=O) groups excluding carboxylic acids is 1. The second kappa shape index (κ2) is 42.1. The Balaban J connectivity index is 2.26. The quantitative estimate of drug-likeness (QED) is 0.0264. The molecule has 0 saturated carbocycles. The molecule has 354 valence electrons. The van der Waals surface area contributed by atoms with Gasteiger partial charge in [-0.1, -0.05) is 182 Å². The zero-order valence-electron chi connectivity index (χ0n) is 38.8. The minimum absolute atomic E-state index is 0.201. The Kier molecular flexibility index (Phi) is 38.8. The second-order valence-corrected chi connectivity index (χ2v) is 16.5. The third-order valence-corrected chi connectivity index (χ3v) is 10.9. The van der Waals surface area contributed by atoms with Gasteiger partial charge in [0.05, 0.1) is 25.4 Å². The summed E-state index contributed by atoms with van der Waals surface area (Å²) in [6, 6.07) is -0.834. The molecule has 0 radical (unpaired) electrons. The molecule has 1 saturated heterocycles. The Hall–Kier alpha value is -2.89. The average Bonchev–Trinajstić information content (AvgIpc) is 3.27. The number of allylic oxidation sites excluding steroid dienone is 15. The summed E-state index contributed by atoms with van der Waals surface area (Å²) in [7, 11) is 0. The Morgan fingerprint density at radius 2 is 1.02 bits per heavy atom. The Morgan fingerprint density at radius 1 is 0.565 bits per heavy atom. The van der Waals surface area contributed by atoms with E-state index in [9.17, 15) is 30.3 Å². The van der Waals surface area contributed by atoms with Crippen molar-refractivity contribution in [1.29, 1.82) is 0 Å².